The van der Waals surface area contributed by atoms with E-state index in [9.17, 15) is 9.59 Å². The van der Waals surface area contributed by atoms with Crippen molar-refractivity contribution in [2.75, 3.05) is 18.2 Å². The number of ether oxygens (including phenoxy) is 1. The van der Waals surface area contributed by atoms with E-state index in [1.807, 2.05) is 32.9 Å². The van der Waals surface area contributed by atoms with Gasteiger partial charge in [-0.1, -0.05) is 0 Å². The van der Waals surface area contributed by atoms with Crippen molar-refractivity contribution >= 4 is 23.8 Å². The maximum absolute atomic E-state index is 12.2. The van der Waals surface area contributed by atoms with Gasteiger partial charge in [0.25, 0.3) is 0 Å². The molecule has 22 heavy (non-hydrogen) atoms. The Balaban J connectivity index is 1.84. The molecule has 1 aliphatic rings. The number of hydrogen-bond donors (Lipinski definition) is 1. The second-order valence-electron chi connectivity index (χ2n) is 6.09. The molecule has 0 bridgehead atoms. The van der Waals surface area contributed by atoms with E-state index in [0.717, 1.165) is 5.76 Å². The molecular formula is C15H22N2O4S. The number of carbonyl (C=O) groups is 2. The van der Waals surface area contributed by atoms with Crippen LogP contribution in [0.1, 0.15) is 26.5 Å². The van der Waals surface area contributed by atoms with Crippen LogP contribution in [0.15, 0.2) is 22.8 Å². The van der Waals surface area contributed by atoms with Gasteiger partial charge in [-0.3, -0.25) is 9.69 Å². The van der Waals surface area contributed by atoms with Crippen LogP contribution < -0.4 is 5.32 Å². The molecule has 0 aromatic carbocycles. The summed E-state index contributed by atoms with van der Waals surface area (Å²) in [7, 11) is 0. The van der Waals surface area contributed by atoms with Gasteiger partial charge in [-0.05, 0) is 32.9 Å². The summed E-state index contributed by atoms with van der Waals surface area (Å²) in [5.74, 6) is 1.74. The smallest absolute Gasteiger partial charge is 0.411 e. The first-order valence-corrected chi connectivity index (χ1v) is 8.40. The van der Waals surface area contributed by atoms with Crippen LogP contribution in [0.2, 0.25) is 0 Å². The van der Waals surface area contributed by atoms with Crippen molar-refractivity contribution in [2.45, 2.75) is 38.8 Å². The topological polar surface area (TPSA) is 71.8 Å². The molecule has 0 saturated carbocycles. The lowest BCUT2D eigenvalue weighted by Gasteiger charge is -2.27. The van der Waals surface area contributed by atoms with Crippen molar-refractivity contribution < 1.29 is 18.7 Å². The zero-order valence-electron chi connectivity index (χ0n) is 13.1. The summed E-state index contributed by atoms with van der Waals surface area (Å²) in [6, 6.07) is 3.20. The van der Waals surface area contributed by atoms with Crippen molar-refractivity contribution in [3.63, 3.8) is 0 Å². The zero-order valence-corrected chi connectivity index (χ0v) is 13.9. The quantitative estimate of drug-likeness (QED) is 0.919. The molecule has 122 valence electrons. The Morgan fingerprint density at radius 3 is 2.91 bits per heavy atom. The highest BCUT2D eigenvalue weighted by Crippen LogP contribution is 2.23. The first-order chi connectivity index (χ1) is 10.4. The molecule has 0 radical (unpaired) electrons. The molecule has 1 aromatic heterocycles. The largest absolute Gasteiger partial charge is 0.469 e. The average Bonchev–Trinajstić information content (AvgIpc) is 3.07. The molecule has 1 aromatic rings. The molecule has 1 N–H and O–H groups in total. The van der Waals surface area contributed by atoms with E-state index in [1.165, 1.54) is 4.90 Å². The Morgan fingerprint density at radius 1 is 1.50 bits per heavy atom. The van der Waals surface area contributed by atoms with Gasteiger partial charge in [0.05, 0.1) is 12.1 Å². The third-order valence-corrected chi connectivity index (χ3v) is 4.08. The predicted molar refractivity (Wildman–Crippen MR) is 84.6 cm³/mol. The molecule has 7 heteroatoms. The number of amides is 2. The fraction of sp³-hybridized carbons (Fsp3) is 0.600. The minimum Gasteiger partial charge on any atom is -0.469 e. The summed E-state index contributed by atoms with van der Waals surface area (Å²) in [5.41, 5.74) is -0.565. The second kappa shape index (κ2) is 7.09. The van der Waals surface area contributed by atoms with Crippen LogP contribution in [-0.4, -0.2) is 46.7 Å². The van der Waals surface area contributed by atoms with Crippen LogP contribution in [0.4, 0.5) is 4.79 Å². The molecule has 0 spiro atoms. The van der Waals surface area contributed by atoms with Gasteiger partial charge in [0, 0.05) is 18.7 Å². The fourth-order valence-corrected chi connectivity index (χ4v) is 3.18. The Kier molecular flexibility index (Phi) is 5.39. The standard InChI is InChI=1S/C15H22N2O4S/c1-15(2,3)21-14(19)17-10-22-9-12(17)13(18)16-7-6-11-5-4-8-20-11/h4-5,8,12H,6-7,9-10H2,1-3H3,(H,16,18). The Labute approximate surface area is 134 Å². The first kappa shape index (κ1) is 16.7. The second-order valence-corrected chi connectivity index (χ2v) is 7.09. The van der Waals surface area contributed by atoms with Crippen molar-refractivity contribution in [2.24, 2.45) is 0 Å². The van der Waals surface area contributed by atoms with E-state index < -0.39 is 17.7 Å². The molecule has 1 saturated heterocycles. The van der Waals surface area contributed by atoms with Crippen molar-refractivity contribution in [1.82, 2.24) is 10.2 Å². The maximum Gasteiger partial charge on any atom is 0.411 e. The third kappa shape index (κ3) is 4.69. The number of nitrogens with zero attached hydrogens (tertiary/aromatic N) is 1. The molecule has 1 unspecified atom stereocenters. The monoisotopic (exact) mass is 326 g/mol. The average molecular weight is 326 g/mol. The zero-order chi connectivity index (χ0) is 16.2. The van der Waals surface area contributed by atoms with Gasteiger partial charge in [-0.15, -0.1) is 11.8 Å². The molecule has 1 fully saturated rings. The summed E-state index contributed by atoms with van der Waals surface area (Å²) in [5, 5.41) is 2.85. The fourth-order valence-electron chi connectivity index (χ4n) is 2.04. The van der Waals surface area contributed by atoms with Crippen LogP contribution in [-0.2, 0) is 16.0 Å². The van der Waals surface area contributed by atoms with Gasteiger partial charge >= 0.3 is 6.09 Å². The summed E-state index contributed by atoms with van der Waals surface area (Å²) in [4.78, 5) is 25.9. The van der Waals surface area contributed by atoms with Crippen LogP contribution in [0.3, 0.4) is 0 Å². The van der Waals surface area contributed by atoms with Gasteiger partial charge in [0.15, 0.2) is 0 Å². The minimum atomic E-state index is -0.565. The van der Waals surface area contributed by atoms with E-state index in [1.54, 1.807) is 18.0 Å². The molecule has 2 rings (SSSR count). The van der Waals surface area contributed by atoms with Gasteiger partial charge in [0.1, 0.15) is 17.4 Å². The van der Waals surface area contributed by atoms with Crippen molar-refractivity contribution in [3.05, 3.63) is 24.2 Å². The Bertz CT molecular complexity index is 510. The van der Waals surface area contributed by atoms with Gasteiger partial charge < -0.3 is 14.5 Å². The highest BCUT2D eigenvalue weighted by Gasteiger charge is 2.36. The SMILES string of the molecule is CC(C)(C)OC(=O)N1CSCC1C(=O)NCCc1ccco1. The van der Waals surface area contributed by atoms with E-state index in [0.29, 0.717) is 24.6 Å². The number of rotatable bonds is 4. The third-order valence-electron chi connectivity index (χ3n) is 3.06. The molecule has 6 nitrogen and oxygen atoms in total. The first-order valence-electron chi connectivity index (χ1n) is 7.24. The van der Waals surface area contributed by atoms with Gasteiger partial charge in [-0.25, -0.2) is 4.79 Å². The Morgan fingerprint density at radius 2 is 2.27 bits per heavy atom. The number of hydrogen-bond acceptors (Lipinski definition) is 5. The summed E-state index contributed by atoms with van der Waals surface area (Å²) in [6.45, 7) is 5.92. The molecule has 2 heterocycles. The minimum absolute atomic E-state index is 0.151. The van der Waals surface area contributed by atoms with Gasteiger partial charge in [0.2, 0.25) is 5.91 Å². The van der Waals surface area contributed by atoms with E-state index in [-0.39, 0.29) is 5.91 Å². The normalized spacial score (nSPS) is 18.3. The highest BCUT2D eigenvalue weighted by atomic mass is 32.2. The molecule has 0 aliphatic carbocycles. The van der Waals surface area contributed by atoms with Crippen LogP contribution in [0.5, 0.6) is 0 Å². The number of nitrogens with one attached hydrogen (secondary N) is 1. The van der Waals surface area contributed by atoms with Crippen LogP contribution in [0.25, 0.3) is 0 Å². The van der Waals surface area contributed by atoms with Gasteiger partial charge in [-0.2, -0.15) is 0 Å². The van der Waals surface area contributed by atoms with Crippen LogP contribution in [0, 0.1) is 0 Å². The van der Waals surface area contributed by atoms with Crippen molar-refractivity contribution in [1.29, 1.82) is 0 Å². The summed E-state index contributed by atoms with van der Waals surface area (Å²) >= 11 is 1.55. The lowest BCUT2D eigenvalue weighted by atomic mass is 10.2. The lowest BCUT2D eigenvalue weighted by molar-refractivity contribution is -0.125. The molecular weight excluding hydrogens is 304 g/mol. The predicted octanol–water partition coefficient (Wildman–Crippen LogP) is 2.25. The Hall–Kier alpha value is -1.63. The number of furan rings is 1. The van der Waals surface area contributed by atoms with E-state index >= 15 is 0 Å². The summed E-state index contributed by atoms with van der Waals surface area (Å²) < 4.78 is 10.6. The lowest BCUT2D eigenvalue weighted by Crippen LogP contribution is -2.49. The molecule has 1 aliphatic heterocycles. The van der Waals surface area contributed by atoms with E-state index in [2.05, 4.69) is 5.32 Å². The number of thioether (sulfide) groups is 1. The summed E-state index contributed by atoms with van der Waals surface area (Å²) in [6.07, 6.45) is 1.80. The molecule has 1 atom stereocenters. The molecule has 2 amide bonds. The highest BCUT2D eigenvalue weighted by molar-refractivity contribution is 7.99. The van der Waals surface area contributed by atoms with E-state index in [4.69, 9.17) is 9.15 Å². The number of carbonyl (C=O) groups excluding carboxylic acids is 2. The maximum atomic E-state index is 12.2. The van der Waals surface area contributed by atoms with Crippen LogP contribution >= 0.6 is 11.8 Å². The van der Waals surface area contributed by atoms with Crippen molar-refractivity contribution in [3.8, 4) is 0 Å².